The first-order valence-corrected chi connectivity index (χ1v) is 7.50. The molecule has 0 atom stereocenters. The fourth-order valence-corrected chi connectivity index (χ4v) is 2.74. The van der Waals surface area contributed by atoms with Crippen LogP contribution in [-0.2, 0) is 6.18 Å². The second kappa shape index (κ2) is 6.03. The molecule has 0 spiro atoms. The predicted molar refractivity (Wildman–Crippen MR) is 88.4 cm³/mol. The molecule has 0 bridgehead atoms. The number of nitrogens with zero attached hydrogens (tertiary/aromatic N) is 2. The van der Waals surface area contributed by atoms with E-state index in [0.29, 0.717) is 15.7 Å². The van der Waals surface area contributed by atoms with Crippen molar-refractivity contribution >= 4 is 29.0 Å². The minimum Gasteiger partial charge on any atom is -0.383 e. The van der Waals surface area contributed by atoms with E-state index in [0.717, 1.165) is 4.68 Å². The van der Waals surface area contributed by atoms with Gasteiger partial charge in [0.2, 0.25) is 0 Å². The molecule has 0 aliphatic rings. The molecule has 0 radical (unpaired) electrons. The van der Waals surface area contributed by atoms with E-state index in [1.54, 1.807) is 30.3 Å². The monoisotopic (exact) mass is 371 g/mol. The smallest absolute Gasteiger partial charge is 0.383 e. The van der Waals surface area contributed by atoms with E-state index in [4.69, 9.17) is 28.9 Å². The number of alkyl halides is 3. The Morgan fingerprint density at radius 1 is 0.958 bits per heavy atom. The Kier molecular flexibility index (Phi) is 4.19. The average molecular weight is 372 g/mol. The molecular weight excluding hydrogens is 362 g/mol. The number of hydrogen-bond acceptors (Lipinski definition) is 2. The lowest BCUT2D eigenvalue weighted by Gasteiger charge is -2.07. The summed E-state index contributed by atoms with van der Waals surface area (Å²) in [5, 5.41) is 4.33. The lowest BCUT2D eigenvalue weighted by Crippen LogP contribution is -2.08. The molecule has 0 aliphatic heterocycles. The van der Waals surface area contributed by atoms with Crippen LogP contribution in [0.3, 0.4) is 0 Å². The van der Waals surface area contributed by atoms with Gasteiger partial charge >= 0.3 is 6.18 Å². The van der Waals surface area contributed by atoms with Gasteiger partial charge < -0.3 is 5.73 Å². The van der Waals surface area contributed by atoms with Crippen LogP contribution in [0.2, 0.25) is 10.0 Å². The maximum atomic E-state index is 13.4. The molecule has 2 N–H and O–H groups in total. The highest BCUT2D eigenvalue weighted by molar-refractivity contribution is 6.31. The van der Waals surface area contributed by atoms with Crippen molar-refractivity contribution in [1.82, 2.24) is 9.78 Å². The number of nitrogen functional groups attached to an aromatic ring is 1. The predicted octanol–water partition coefficient (Wildman–Crippen LogP) is 5.45. The second-order valence-corrected chi connectivity index (χ2v) is 5.88. The van der Waals surface area contributed by atoms with Gasteiger partial charge in [-0.3, -0.25) is 0 Å². The van der Waals surface area contributed by atoms with Crippen LogP contribution in [0, 0.1) is 0 Å². The zero-order chi connectivity index (χ0) is 17.5. The largest absolute Gasteiger partial charge is 0.435 e. The highest BCUT2D eigenvalue weighted by Gasteiger charge is 2.39. The van der Waals surface area contributed by atoms with Crippen molar-refractivity contribution in [3.8, 4) is 16.8 Å². The minimum absolute atomic E-state index is 0.146. The number of anilines is 1. The first-order valence-electron chi connectivity index (χ1n) is 6.75. The molecule has 0 amide bonds. The van der Waals surface area contributed by atoms with Crippen LogP contribution < -0.4 is 5.73 Å². The third kappa shape index (κ3) is 3.07. The van der Waals surface area contributed by atoms with E-state index in [9.17, 15) is 13.2 Å². The fourth-order valence-electron chi connectivity index (χ4n) is 2.36. The normalized spacial score (nSPS) is 11.7. The lowest BCUT2D eigenvalue weighted by molar-refractivity contribution is -0.140. The highest BCUT2D eigenvalue weighted by atomic mass is 35.5. The van der Waals surface area contributed by atoms with Gasteiger partial charge in [-0.2, -0.15) is 18.3 Å². The fraction of sp³-hybridized carbons (Fsp3) is 0.0625. The Morgan fingerprint density at radius 3 is 2.17 bits per heavy atom. The third-order valence-electron chi connectivity index (χ3n) is 3.36. The first-order chi connectivity index (χ1) is 11.3. The van der Waals surface area contributed by atoms with Crippen LogP contribution in [0.25, 0.3) is 16.8 Å². The summed E-state index contributed by atoms with van der Waals surface area (Å²) < 4.78 is 41.3. The van der Waals surface area contributed by atoms with Crippen molar-refractivity contribution in [2.24, 2.45) is 0 Å². The van der Waals surface area contributed by atoms with Crippen LogP contribution in [0.15, 0.2) is 48.5 Å². The van der Waals surface area contributed by atoms with Crippen molar-refractivity contribution in [3.05, 3.63) is 64.3 Å². The van der Waals surface area contributed by atoms with E-state index in [1.165, 1.54) is 18.2 Å². The highest BCUT2D eigenvalue weighted by Crippen LogP contribution is 2.41. The molecule has 0 saturated carbocycles. The van der Waals surface area contributed by atoms with Crippen molar-refractivity contribution in [3.63, 3.8) is 0 Å². The van der Waals surface area contributed by atoms with Gasteiger partial charge in [-0.05, 0) is 35.9 Å². The quantitative estimate of drug-likeness (QED) is 0.650. The van der Waals surface area contributed by atoms with Crippen LogP contribution in [0.1, 0.15) is 5.69 Å². The Bertz CT molecular complexity index is 904. The molecule has 2 aromatic carbocycles. The number of benzene rings is 2. The van der Waals surface area contributed by atoms with Gasteiger partial charge in [-0.25, -0.2) is 4.68 Å². The molecule has 3 nitrogen and oxygen atoms in total. The first kappa shape index (κ1) is 16.7. The molecule has 1 heterocycles. The molecule has 0 fully saturated rings. The van der Waals surface area contributed by atoms with E-state index in [-0.39, 0.29) is 16.9 Å². The number of aromatic nitrogens is 2. The van der Waals surface area contributed by atoms with Crippen LogP contribution in [0.4, 0.5) is 19.0 Å². The van der Waals surface area contributed by atoms with Crippen LogP contribution in [-0.4, -0.2) is 9.78 Å². The molecule has 0 saturated heterocycles. The molecule has 0 unspecified atom stereocenters. The molecule has 0 aliphatic carbocycles. The van der Waals surface area contributed by atoms with Gasteiger partial charge in [-0.1, -0.05) is 41.4 Å². The number of halogens is 5. The molecule has 24 heavy (non-hydrogen) atoms. The van der Waals surface area contributed by atoms with E-state index in [1.807, 2.05) is 0 Å². The van der Waals surface area contributed by atoms with Crippen molar-refractivity contribution in [2.75, 3.05) is 5.73 Å². The summed E-state index contributed by atoms with van der Waals surface area (Å²) >= 11 is 11.8. The Hall–Kier alpha value is -2.18. The second-order valence-electron chi connectivity index (χ2n) is 5.01. The summed E-state index contributed by atoms with van der Waals surface area (Å²) in [5.74, 6) is -0.146. The van der Waals surface area contributed by atoms with E-state index >= 15 is 0 Å². The maximum Gasteiger partial charge on any atom is 0.435 e. The summed E-state index contributed by atoms with van der Waals surface area (Å²) in [6, 6.07) is 12.3. The van der Waals surface area contributed by atoms with Gasteiger partial charge in [0.15, 0.2) is 5.69 Å². The average Bonchev–Trinajstić information content (AvgIpc) is 2.85. The summed E-state index contributed by atoms with van der Waals surface area (Å²) in [5.41, 5.74) is 5.25. The Balaban J connectivity index is 2.28. The zero-order valence-corrected chi connectivity index (χ0v) is 13.5. The zero-order valence-electron chi connectivity index (χ0n) is 12.0. The summed E-state index contributed by atoms with van der Waals surface area (Å²) in [6.45, 7) is 0. The van der Waals surface area contributed by atoms with Gasteiger partial charge in [0, 0.05) is 10.0 Å². The third-order valence-corrected chi connectivity index (χ3v) is 3.83. The summed E-state index contributed by atoms with van der Waals surface area (Å²) in [6.07, 6.45) is -4.67. The topological polar surface area (TPSA) is 43.8 Å². The molecule has 3 rings (SSSR count). The van der Waals surface area contributed by atoms with Gasteiger partial charge in [-0.15, -0.1) is 0 Å². The lowest BCUT2D eigenvalue weighted by atomic mass is 10.1. The van der Waals surface area contributed by atoms with Crippen molar-refractivity contribution < 1.29 is 13.2 Å². The molecular formula is C16H10Cl2F3N3. The van der Waals surface area contributed by atoms with E-state index < -0.39 is 11.9 Å². The van der Waals surface area contributed by atoms with Gasteiger partial charge in [0.05, 0.1) is 11.3 Å². The van der Waals surface area contributed by atoms with Crippen LogP contribution in [0.5, 0.6) is 0 Å². The van der Waals surface area contributed by atoms with E-state index in [2.05, 4.69) is 5.10 Å². The number of nitrogens with two attached hydrogens (primary N) is 1. The van der Waals surface area contributed by atoms with Gasteiger partial charge in [0.25, 0.3) is 0 Å². The maximum absolute atomic E-state index is 13.4. The van der Waals surface area contributed by atoms with Crippen molar-refractivity contribution in [1.29, 1.82) is 0 Å². The Morgan fingerprint density at radius 2 is 1.58 bits per heavy atom. The van der Waals surface area contributed by atoms with Crippen LogP contribution >= 0.6 is 23.2 Å². The SMILES string of the molecule is Nc1c(-c2cccc(Cl)c2)c(C(F)(F)F)nn1-c1cccc(Cl)c1. The number of hydrogen-bond donors (Lipinski definition) is 1. The molecule has 8 heteroatoms. The van der Waals surface area contributed by atoms with Crippen molar-refractivity contribution in [2.45, 2.75) is 6.18 Å². The molecule has 1 aromatic heterocycles. The molecule has 3 aromatic rings. The minimum atomic E-state index is -4.67. The standard InChI is InChI=1S/C16H10Cl2F3N3/c17-10-4-1-3-9(7-10)13-14(16(19,20)21)23-24(15(13)22)12-6-2-5-11(18)8-12/h1-8H,22H2. The molecule has 124 valence electrons. The summed E-state index contributed by atoms with van der Waals surface area (Å²) in [4.78, 5) is 0. The van der Waals surface area contributed by atoms with Gasteiger partial charge in [0.1, 0.15) is 5.82 Å². The summed E-state index contributed by atoms with van der Waals surface area (Å²) in [7, 11) is 0. The number of rotatable bonds is 2. The Labute approximate surface area is 145 Å².